The summed E-state index contributed by atoms with van der Waals surface area (Å²) in [6, 6.07) is 0. The molecular formula is C9H16N2O. The van der Waals surface area contributed by atoms with Crippen LogP contribution in [0, 0.1) is 0 Å². The lowest BCUT2D eigenvalue weighted by atomic mass is 10.3. The number of rotatable bonds is 4. The van der Waals surface area contributed by atoms with Crippen LogP contribution in [0.25, 0.3) is 0 Å². The molecule has 0 amide bonds. The summed E-state index contributed by atoms with van der Waals surface area (Å²) in [5.41, 5.74) is 0. The van der Waals surface area contributed by atoms with Crippen molar-refractivity contribution in [3.63, 3.8) is 0 Å². The maximum atomic E-state index is 5.24. The summed E-state index contributed by atoms with van der Waals surface area (Å²) in [6.45, 7) is 9.28. The lowest BCUT2D eigenvalue weighted by Gasteiger charge is -2.26. The molecule has 3 nitrogen and oxygen atoms in total. The standard InChI is InChI=1S/C9H16N2O/c1-2-10-4-3-5-11-6-8-12-9-7-11/h1,3-9H2. The molecule has 0 atom stereocenters. The first-order valence-corrected chi connectivity index (χ1v) is 4.42. The van der Waals surface area contributed by atoms with E-state index < -0.39 is 0 Å². The Morgan fingerprint density at radius 1 is 1.42 bits per heavy atom. The lowest BCUT2D eigenvalue weighted by Crippen LogP contribution is -2.37. The van der Waals surface area contributed by atoms with E-state index in [1.165, 1.54) is 0 Å². The Morgan fingerprint density at radius 2 is 2.17 bits per heavy atom. The van der Waals surface area contributed by atoms with Crippen molar-refractivity contribution in [2.75, 3.05) is 39.4 Å². The van der Waals surface area contributed by atoms with Gasteiger partial charge in [-0.15, -0.1) is 0 Å². The van der Waals surface area contributed by atoms with Crippen LogP contribution in [0.2, 0.25) is 0 Å². The van der Waals surface area contributed by atoms with Crippen molar-refractivity contribution < 1.29 is 4.74 Å². The monoisotopic (exact) mass is 168 g/mol. The van der Waals surface area contributed by atoms with Crippen LogP contribution in [-0.4, -0.2) is 50.2 Å². The molecule has 1 heterocycles. The van der Waals surface area contributed by atoms with Crippen LogP contribution < -0.4 is 0 Å². The van der Waals surface area contributed by atoms with Crippen LogP contribution in [0.3, 0.4) is 0 Å². The summed E-state index contributed by atoms with van der Waals surface area (Å²) in [7, 11) is 0. The zero-order valence-electron chi connectivity index (χ0n) is 7.46. The van der Waals surface area contributed by atoms with Gasteiger partial charge < -0.3 is 4.74 Å². The average molecular weight is 168 g/mol. The number of ether oxygens (including phenoxy) is 1. The van der Waals surface area contributed by atoms with Gasteiger partial charge in [-0.2, -0.15) is 0 Å². The van der Waals surface area contributed by atoms with Crippen molar-refractivity contribution in [3.8, 4) is 0 Å². The average Bonchev–Trinajstić information content (AvgIpc) is 2.14. The lowest BCUT2D eigenvalue weighted by molar-refractivity contribution is 0.0377. The number of aliphatic imine (C=N–C) groups is 1. The number of hydrogen-bond donors (Lipinski definition) is 0. The molecule has 1 aliphatic rings. The molecule has 0 bridgehead atoms. The van der Waals surface area contributed by atoms with Crippen LogP contribution in [0.5, 0.6) is 0 Å². The molecule has 0 spiro atoms. The minimum atomic E-state index is 0.848. The zero-order valence-corrected chi connectivity index (χ0v) is 7.46. The highest BCUT2D eigenvalue weighted by Crippen LogP contribution is 1.97. The fourth-order valence-corrected chi connectivity index (χ4v) is 1.28. The second-order valence-electron chi connectivity index (χ2n) is 2.85. The SMILES string of the molecule is C=C=NCCCN1CCOCC1. The first-order valence-electron chi connectivity index (χ1n) is 4.42. The van der Waals surface area contributed by atoms with E-state index in [4.69, 9.17) is 4.74 Å². The van der Waals surface area contributed by atoms with Crippen molar-refractivity contribution in [1.82, 2.24) is 4.90 Å². The van der Waals surface area contributed by atoms with Gasteiger partial charge in [0.25, 0.3) is 0 Å². The molecule has 1 fully saturated rings. The molecule has 0 radical (unpaired) electrons. The number of nitrogens with zero attached hydrogens (tertiary/aromatic N) is 2. The molecule has 1 saturated heterocycles. The second kappa shape index (κ2) is 5.95. The molecule has 0 aromatic carbocycles. The van der Waals surface area contributed by atoms with E-state index in [0.29, 0.717) is 0 Å². The van der Waals surface area contributed by atoms with Crippen LogP contribution in [0.4, 0.5) is 0 Å². The van der Waals surface area contributed by atoms with Gasteiger partial charge >= 0.3 is 0 Å². The molecule has 0 N–H and O–H groups in total. The molecule has 0 saturated carbocycles. The number of hydrogen-bond acceptors (Lipinski definition) is 3. The van der Waals surface area contributed by atoms with Gasteiger partial charge in [0.05, 0.1) is 13.2 Å². The third kappa shape index (κ3) is 3.67. The van der Waals surface area contributed by atoms with Gasteiger partial charge in [-0.1, -0.05) is 0 Å². The van der Waals surface area contributed by atoms with E-state index in [0.717, 1.165) is 45.8 Å². The Hall–Kier alpha value is -0.630. The van der Waals surface area contributed by atoms with E-state index in [1.54, 1.807) is 0 Å². The molecule has 1 rings (SSSR count). The van der Waals surface area contributed by atoms with Gasteiger partial charge in [0, 0.05) is 26.2 Å². The molecule has 0 aromatic heterocycles. The Labute approximate surface area is 73.7 Å². The third-order valence-corrected chi connectivity index (χ3v) is 1.96. The van der Waals surface area contributed by atoms with E-state index in [9.17, 15) is 0 Å². The smallest absolute Gasteiger partial charge is 0.0594 e. The predicted molar refractivity (Wildman–Crippen MR) is 49.8 cm³/mol. The van der Waals surface area contributed by atoms with Crippen molar-refractivity contribution in [1.29, 1.82) is 0 Å². The minimum absolute atomic E-state index is 0.848. The predicted octanol–water partition coefficient (Wildman–Crippen LogP) is 0.564. The summed E-state index contributed by atoms with van der Waals surface area (Å²) in [5.74, 6) is 2.54. The molecule has 3 heteroatoms. The molecule has 1 aliphatic heterocycles. The number of morpholine rings is 1. The Balaban J connectivity index is 2.01. The second-order valence-corrected chi connectivity index (χ2v) is 2.85. The minimum Gasteiger partial charge on any atom is -0.379 e. The Bertz CT molecular complexity index is 158. The molecule has 68 valence electrons. The van der Waals surface area contributed by atoms with E-state index in [-0.39, 0.29) is 0 Å². The summed E-state index contributed by atoms with van der Waals surface area (Å²) in [5, 5.41) is 0. The molecule has 0 unspecified atom stereocenters. The first-order chi connectivity index (χ1) is 5.93. The van der Waals surface area contributed by atoms with Crippen LogP contribution >= 0.6 is 0 Å². The van der Waals surface area contributed by atoms with E-state index >= 15 is 0 Å². The van der Waals surface area contributed by atoms with E-state index in [2.05, 4.69) is 22.3 Å². The van der Waals surface area contributed by atoms with Gasteiger partial charge in [-0.25, -0.2) is 4.99 Å². The van der Waals surface area contributed by atoms with Gasteiger partial charge in [0.2, 0.25) is 0 Å². The molecule has 0 aromatic rings. The summed E-state index contributed by atoms with van der Waals surface area (Å²) >= 11 is 0. The fraction of sp³-hybridized carbons (Fsp3) is 0.778. The van der Waals surface area contributed by atoms with Crippen LogP contribution in [0.1, 0.15) is 6.42 Å². The highest BCUT2D eigenvalue weighted by atomic mass is 16.5. The zero-order chi connectivity index (χ0) is 8.65. The van der Waals surface area contributed by atoms with E-state index in [1.807, 2.05) is 0 Å². The summed E-state index contributed by atoms with van der Waals surface area (Å²) in [6.07, 6.45) is 1.10. The first kappa shape index (κ1) is 9.46. The van der Waals surface area contributed by atoms with Crippen molar-refractivity contribution in [2.45, 2.75) is 6.42 Å². The normalized spacial score (nSPS) is 18.7. The quantitative estimate of drug-likeness (QED) is 0.453. The fourth-order valence-electron chi connectivity index (χ4n) is 1.28. The van der Waals surface area contributed by atoms with Crippen molar-refractivity contribution >= 4 is 5.87 Å². The van der Waals surface area contributed by atoms with Crippen molar-refractivity contribution in [2.24, 2.45) is 4.99 Å². The summed E-state index contributed by atoms with van der Waals surface area (Å²) in [4.78, 5) is 6.34. The highest BCUT2D eigenvalue weighted by Gasteiger charge is 2.08. The Morgan fingerprint density at radius 3 is 2.83 bits per heavy atom. The highest BCUT2D eigenvalue weighted by molar-refractivity contribution is 5.46. The Kier molecular flexibility index (Phi) is 4.69. The largest absolute Gasteiger partial charge is 0.379 e. The molecule has 0 aliphatic carbocycles. The molecule has 12 heavy (non-hydrogen) atoms. The maximum Gasteiger partial charge on any atom is 0.0594 e. The van der Waals surface area contributed by atoms with Crippen LogP contribution in [0.15, 0.2) is 11.6 Å². The van der Waals surface area contributed by atoms with Gasteiger partial charge in [0.15, 0.2) is 0 Å². The molecular weight excluding hydrogens is 152 g/mol. The van der Waals surface area contributed by atoms with Crippen molar-refractivity contribution in [3.05, 3.63) is 6.58 Å². The summed E-state index contributed by atoms with van der Waals surface area (Å²) < 4.78 is 5.24. The van der Waals surface area contributed by atoms with Gasteiger partial charge in [0.1, 0.15) is 0 Å². The van der Waals surface area contributed by atoms with Gasteiger partial charge in [-0.3, -0.25) is 4.90 Å². The maximum absolute atomic E-state index is 5.24. The van der Waals surface area contributed by atoms with Crippen LogP contribution in [-0.2, 0) is 4.74 Å². The van der Waals surface area contributed by atoms with Gasteiger partial charge in [-0.05, 0) is 18.9 Å². The third-order valence-electron chi connectivity index (χ3n) is 1.96. The topological polar surface area (TPSA) is 24.8 Å².